The molecule has 0 radical (unpaired) electrons. The highest BCUT2D eigenvalue weighted by Crippen LogP contribution is 2.30. The Balaban J connectivity index is 2.81. The quantitative estimate of drug-likeness (QED) is 0.838. The summed E-state index contributed by atoms with van der Waals surface area (Å²) < 4.78 is 43.0. The number of methoxy groups -OCH3 is 1. The number of nitrogens with one attached hydrogen (secondary N) is 1. The predicted molar refractivity (Wildman–Crippen MR) is 67.7 cm³/mol. The summed E-state index contributed by atoms with van der Waals surface area (Å²) in [6, 6.07) is 4.89. The van der Waals surface area contributed by atoms with E-state index in [0.717, 1.165) is 12.1 Å². The van der Waals surface area contributed by atoms with Gasteiger partial charge in [0.25, 0.3) is 0 Å². The van der Waals surface area contributed by atoms with Gasteiger partial charge < -0.3 is 15.8 Å². The summed E-state index contributed by atoms with van der Waals surface area (Å²) in [6.45, 7) is 2.61. The molecule has 1 rings (SSSR count). The minimum absolute atomic E-state index is 0.0279. The van der Waals surface area contributed by atoms with E-state index in [-0.39, 0.29) is 18.7 Å². The number of ether oxygens (including phenoxy) is 1. The standard InChI is InChI=1S/C13H19F3N2O/c1-9(19-2)8-18-12(7-17)10-4-3-5-11(6-10)13(14,15)16/h3-6,9,12,18H,7-8,17H2,1-2H3. The molecule has 0 heterocycles. The van der Waals surface area contributed by atoms with E-state index in [9.17, 15) is 13.2 Å². The lowest BCUT2D eigenvalue weighted by Crippen LogP contribution is -2.34. The van der Waals surface area contributed by atoms with Crippen molar-refractivity contribution >= 4 is 0 Å². The molecule has 0 aromatic heterocycles. The van der Waals surface area contributed by atoms with Crippen LogP contribution in [0.1, 0.15) is 24.1 Å². The number of rotatable bonds is 6. The molecule has 0 bridgehead atoms. The summed E-state index contributed by atoms with van der Waals surface area (Å²) >= 11 is 0. The van der Waals surface area contributed by atoms with Crippen molar-refractivity contribution in [3.63, 3.8) is 0 Å². The first-order valence-corrected chi connectivity index (χ1v) is 6.02. The van der Waals surface area contributed by atoms with E-state index in [0.29, 0.717) is 12.1 Å². The van der Waals surface area contributed by atoms with Gasteiger partial charge in [0, 0.05) is 26.2 Å². The molecule has 2 atom stereocenters. The van der Waals surface area contributed by atoms with Crippen LogP contribution in [0.3, 0.4) is 0 Å². The zero-order valence-corrected chi connectivity index (χ0v) is 11.0. The van der Waals surface area contributed by atoms with Crippen LogP contribution in [-0.4, -0.2) is 26.3 Å². The molecule has 19 heavy (non-hydrogen) atoms. The van der Waals surface area contributed by atoms with E-state index in [4.69, 9.17) is 10.5 Å². The molecule has 0 spiro atoms. The first kappa shape index (κ1) is 15.9. The van der Waals surface area contributed by atoms with Crippen LogP contribution in [0.4, 0.5) is 13.2 Å². The smallest absolute Gasteiger partial charge is 0.380 e. The van der Waals surface area contributed by atoms with Gasteiger partial charge in [-0.2, -0.15) is 13.2 Å². The Morgan fingerprint density at radius 3 is 2.58 bits per heavy atom. The van der Waals surface area contributed by atoms with E-state index in [1.54, 1.807) is 13.2 Å². The van der Waals surface area contributed by atoms with Crippen LogP contribution in [0.5, 0.6) is 0 Å². The second-order valence-corrected chi connectivity index (χ2v) is 4.37. The molecule has 1 aromatic carbocycles. The van der Waals surface area contributed by atoms with Gasteiger partial charge in [-0.25, -0.2) is 0 Å². The normalized spacial score (nSPS) is 15.3. The van der Waals surface area contributed by atoms with Crippen molar-refractivity contribution in [1.29, 1.82) is 0 Å². The molecule has 6 heteroatoms. The number of halogens is 3. The van der Waals surface area contributed by atoms with Gasteiger partial charge in [0.2, 0.25) is 0 Å². The maximum absolute atomic E-state index is 12.6. The van der Waals surface area contributed by atoms with E-state index in [1.165, 1.54) is 6.07 Å². The minimum Gasteiger partial charge on any atom is -0.380 e. The fraction of sp³-hybridized carbons (Fsp3) is 0.538. The second-order valence-electron chi connectivity index (χ2n) is 4.37. The van der Waals surface area contributed by atoms with Gasteiger partial charge in [-0.3, -0.25) is 0 Å². The minimum atomic E-state index is -4.34. The average Bonchev–Trinajstić information content (AvgIpc) is 2.38. The third-order valence-electron chi connectivity index (χ3n) is 2.91. The molecule has 108 valence electrons. The summed E-state index contributed by atoms with van der Waals surface area (Å²) in [5, 5.41) is 3.10. The lowest BCUT2D eigenvalue weighted by molar-refractivity contribution is -0.137. The van der Waals surface area contributed by atoms with Crippen LogP contribution in [0.2, 0.25) is 0 Å². The summed E-state index contributed by atoms with van der Waals surface area (Å²) in [4.78, 5) is 0. The van der Waals surface area contributed by atoms with Crippen LogP contribution in [0.25, 0.3) is 0 Å². The molecule has 3 nitrogen and oxygen atoms in total. The van der Waals surface area contributed by atoms with Crippen molar-refractivity contribution in [3.05, 3.63) is 35.4 Å². The Hall–Kier alpha value is -1.11. The van der Waals surface area contributed by atoms with Gasteiger partial charge in [0.1, 0.15) is 0 Å². The van der Waals surface area contributed by atoms with Crippen molar-refractivity contribution in [2.24, 2.45) is 5.73 Å². The van der Waals surface area contributed by atoms with Crippen LogP contribution in [-0.2, 0) is 10.9 Å². The zero-order valence-electron chi connectivity index (χ0n) is 11.0. The maximum atomic E-state index is 12.6. The summed E-state index contributed by atoms with van der Waals surface area (Å²) in [6.07, 6.45) is -4.37. The lowest BCUT2D eigenvalue weighted by atomic mass is 10.0. The average molecular weight is 276 g/mol. The van der Waals surface area contributed by atoms with E-state index >= 15 is 0 Å². The predicted octanol–water partition coefficient (Wildman–Crippen LogP) is 2.33. The zero-order chi connectivity index (χ0) is 14.5. The van der Waals surface area contributed by atoms with Crippen LogP contribution in [0, 0.1) is 0 Å². The number of alkyl halides is 3. The van der Waals surface area contributed by atoms with Gasteiger partial charge in [-0.1, -0.05) is 12.1 Å². The number of hydrogen-bond acceptors (Lipinski definition) is 3. The highest BCUT2D eigenvalue weighted by molar-refractivity contribution is 5.28. The van der Waals surface area contributed by atoms with Gasteiger partial charge in [-0.15, -0.1) is 0 Å². The molecule has 0 fully saturated rings. The lowest BCUT2D eigenvalue weighted by Gasteiger charge is -2.20. The highest BCUT2D eigenvalue weighted by Gasteiger charge is 2.30. The van der Waals surface area contributed by atoms with Crippen LogP contribution < -0.4 is 11.1 Å². The molecule has 0 saturated heterocycles. The SMILES string of the molecule is COC(C)CNC(CN)c1cccc(C(F)(F)F)c1. The molecule has 0 aliphatic carbocycles. The fourth-order valence-electron chi connectivity index (χ4n) is 1.66. The van der Waals surface area contributed by atoms with Gasteiger partial charge in [0.15, 0.2) is 0 Å². The van der Waals surface area contributed by atoms with Crippen LogP contribution >= 0.6 is 0 Å². The van der Waals surface area contributed by atoms with E-state index < -0.39 is 11.7 Å². The summed E-state index contributed by atoms with van der Waals surface area (Å²) in [5.74, 6) is 0. The van der Waals surface area contributed by atoms with E-state index in [1.807, 2.05) is 6.92 Å². The van der Waals surface area contributed by atoms with Crippen molar-refractivity contribution in [2.45, 2.75) is 25.2 Å². The van der Waals surface area contributed by atoms with Crippen molar-refractivity contribution in [2.75, 3.05) is 20.2 Å². The molecule has 0 amide bonds. The van der Waals surface area contributed by atoms with Gasteiger partial charge in [0.05, 0.1) is 11.7 Å². The largest absolute Gasteiger partial charge is 0.416 e. The Morgan fingerprint density at radius 1 is 1.37 bits per heavy atom. The molecule has 3 N–H and O–H groups in total. The molecule has 1 aromatic rings. The first-order valence-electron chi connectivity index (χ1n) is 6.02. The molecular weight excluding hydrogens is 257 g/mol. The molecule has 0 aliphatic rings. The number of benzene rings is 1. The topological polar surface area (TPSA) is 47.3 Å². The maximum Gasteiger partial charge on any atom is 0.416 e. The van der Waals surface area contributed by atoms with Gasteiger partial charge in [-0.05, 0) is 24.6 Å². The second kappa shape index (κ2) is 6.88. The number of nitrogens with two attached hydrogens (primary N) is 1. The number of hydrogen-bond donors (Lipinski definition) is 2. The summed E-state index contributed by atoms with van der Waals surface area (Å²) in [7, 11) is 1.58. The monoisotopic (exact) mass is 276 g/mol. The molecule has 2 unspecified atom stereocenters. The van der Waals surface area contributed by atoms with Crippen molar-refractivity contribution in [3.8, 4) is 0 Å². The van der Waals surface area contributed by atoms with E-state index in [2.05, 4.69) is 5.32 Å². The Bertz CT molecular complexity index is 396. The molecule has 0 saturated carbocycles. The van der Waals surface area contributed by atoms with Crippen LogP contribution in [0.15, 0.2) is 24.3 Å². The molecular formula is C13H19F3N2O. The Morgan fingerprint density at radius 2 is 2.05 bits per heavy atom. The third-order valence-corrected chi connectivity index (χ3v) is 2.91. The van der Waals surface area contributed by atoms with Crippen molar-refractivity contribution < 1.29 is 17.9 Å². The first-order chi connectivity index (χ1) is 8.88. The third kappa shape index (κ3) is 4.81. The fourth-order valence-corrected chi connectivity index (χ4v) is 1.66. The Labute approximate surface area is 110 Å². The summed E-state index contributed by atoms with van der Waals surface area (Å²) in [5.41, 5.74) is 5.47. The highest BCUT2D eigenvalue weighted by atomic mass is 19.4. The van der Waals surface area contributed by atoms with Crippen molar-refractivity contribution in [1.82, 2.24) is 5.32 Å². The van der Waals surface area contributed by atoms with Gasteiger partial charge >= 0.3 is 6.18 Å². The molecule has 0 aliphatic heterocycles. The Kier molecular flexibility index (Phi) is 5.78.